The summed E-state index contributed by atoms with van der Waals surface area (Å²) in [4.78, 5) is 12.2. The molecule has 5 nitrogen and oxygen atoms in total. The van der Waals surface area contributed by atoms with Gasteiger partial charge in [0.15, 0.2) is 12.4 Å². The van der Waals surface area contributed by atoms with E-state index < -0.39 is 0 Å². The first-order valence-corrected chi connectivity index (χ1v) is 9.16. The molecule has 3 aromatic carbocycles. The monoisotopic (exact) mass is 371 g/mol. The van der Waals surface area contributed by atoms with Crippen molar-refractivity contribution in [3.05, 3.63) is 90.1 Å². The lowest BCUT2D eigenvalue weighted by atomic mass is 10.1. The van der Waals surface area contributed by atoms with Crippen LogP contribution in [0.4, 0.5) is 5.82 Å². The molecule has 0 aliphatic rings. The van der Waals surface area contributed by atoms with E-state index in [1.54, 1.807) is 10.7 Å². The van der Waals surface area contributed by atoms with E-state index in [0.29, 0.717) is 18.1 Å². The maximum absolute atomic E-state index is 12.2. The van der Waals surface area contributed by atoms with Gasteiger partial charge in [0.25, 0.3) is 5.91 Å². The van der Waals surface area contributed by atoms with E-state index in [1.165, 1.54) is 11.1 Å². The number of aryl methyl sites for hydroxylation is 1. The Morgan fingerprint density at radius 3 is 2.71 bits per heavy atom. The summed E-state index contributed by atoms with van der Waals surface area (Å²) in [7, 11) is 0. The number of anilines is 1. The fourth-order valence-electron chi connectivity index (χ4n) is 3.10. The van der Waals surface area contributed by atoms with Crippen LogP contribution in [0.5, 0.6) is 5.75 Å². The molecule has 0 aliphatic heterocycles. The van der Waals surface area contributed by atoms with Gasteiger partial charge in [0, 0.05) is 12.3 Å². The number of aromatic nitrogens is 2. The molecule has 0 spiro atoms. The second-order valence-corrected chi connectivity index (χ2v) is 6.73. The standard InChI is InChI=1S/C23H21N3O2/c1-17-5-4-6-18(13-17)15-26-12-11-22(25-26)24-23(27)16-28-21-10-9-19-7-2-3-8-20(19)14-21/h2-14H,15-16H2,1H3,(H,24,25,27). The van der Waals surface area contributed by atoms with Gasteiger partial charge in [0.2, 0.25) is 0 Å². The average molecular weight is 371 g/mol. The van der Waals surface area contributed by atoms with Gasteiger partial charge in [-0.15, -0.1) is 0 Å². The van der Waals surface area contributed by atoms with Crippen molar-refractivity contribution in [2.24, 2.45) is 0 Å². The lowest BCUT2D eigenvalue weighted by Crippen LogP contribution is -2.20. The van der Waals surface area contributed by atoms with Crippen LogP contribution in [0.15, 0.2) is 79.0 Å². The molecule has 1 aromatic heterocycles. The first kappa shape index (κ1) is 17.8. The third kappa shape index (κ3) is 4.38. The molecule has 0 radical (unpaired) electrons. The van der Waals surface area contributed by atoms with E-state index in [1.807, 2.05) is 54.7 Å². The summed E-state index contributed by atoms with van der Waals surface area (Å²) in [6, 6.07) is 23.9. The molecular weight excluding hydrogens is 350 g/mol. The predicted octanol–water partition coefficient (Wildman–Crippen LogP) is 4.41. The van der Waals surface area contributed by atoms with E-state index in [4.69, 9.17) is 4.74 Å². The van der Waals surface area contributed by atoms with Crippen molar-refractivity contribution in [3.8, 4) is 5.75 Å². The van der Waals surface area contributed by atoms with Gasteiger partial charge in [0.1, 0.15) is 5.75 Å². The molecule has 1 heterocycles. The molecule has 1 N–H and O–H groups in total. The van der Waals surface area contributed by atoms with Crippen LogP contribution < -0.4 is 10.1 Å². The topological polar surface area (TPSA) is 56.2 Å². The number of fused-ring (bicyclic) bond motifs is 1. The van der Waals surface area contributed by atoms with Gasteiger partial charge >= 0.3 is 0 Å². The molecule has 28 heavy (non-hydrogen) atoms. The van der Waals surface area contributed by atoms with Gasteiger partial charge in [-0.05, 0) is 35.4 Å². The summed E-state index contributed by atoms with van der Waals surface area (Å²) < 4.78 is 7.42. The molecule has 0 bridgehead atoms. The highest BCUT2D eigenvalue weighted by Crippen LogP contribution is 2.20. The molecule has 4 aromatic rings. The summed E-state index contributed by atoms with van der Waals surface area (Å²) >= 11 is 0. The maximum atomic E-state index is 12.2. The Kier molecular flexibility index (Phi) is 5.06. The van der Waals surface area contributed by atoms with Gasteiger partial charge in [-0.25, -0.2) is 0 Å². The molecule has 5 heteroatoms. The molecule has 140 valence electrons. The largest absolute Gasteiger partial charge is 0.484 e. The van der Waals surface area contributed by atoms with Gasteiger partial charge in [-0.3, -0.25) is 9.48 Å². The fourth-order valence-corrected chi connectivity index (χ4v) is 3.10. The second-order valence-electron chi connectivity index (χ2n) is 6.73. The lowest BCUT2D eigenvalue weighted by Gasteiger charge is -2.07. The van der Waals surface area contributed by atoms with E-state index in [2.05, 4.69) is 35.5 Å². The SMILES string of the molecule is Cc1cccc(Cn2ccc(NC(=O)COc3ccc4ccccc4c3)n2)c1. The zero-order chi connectivity index (χ0) is 19.3. The highest BCUT2D eigenvalue weighted by atomic mass is 16.5. The molecule has 0 aliphatic carbocycles. The maximum Gasteiger partial charge on any atom is 0.263 e. The Balaban J connectivity index is 1.33. The molecule has 0 saturated heterocycles. The smallest absolute Gasteiger partial charge is 0.263 e. The number of carbonyl (C=O) groups is 1. The van der Waals surface area contributed by atoms with Gasteiger partial charge in [-0.1, -0.05) is 60.2 Å². The Hall–Kier alpha value is -3.60. The predicted molar refractivity (Wildman–Crippen MR) is 111 cm³/mol. The van der Waals surface area contributed by atoms with Crippen LogP contribution in [0.3, 0.4) is 0 Å². The summed E-state index contributed by atoms with van der Waals surface area (Å²) in [5.41, 5.74) is 2.38. The number of hydrogen-bond acceptors (Lipinski definition) is 3. The molecule has 4 rings (SSSR count). The average Bonchev–Trinajstić information content (AvgIpc) is 3.13. The lowest BCUT2D eigenvalue weighted by molar-refractivity contribution is -0.118. The number of amides is 1. The van der Waals surface area contributed by atoms with Gasteiger partial charge in [0.05, 0.1) is 6.54 Å². The minimum Gasteiger partial charge on any atom is -0.484 e. The minimum atomic E-state index is -0.242. The molecule has 0 fully saturated rings. The van der Waals surface area contributed by atoms with E-state index in [9.17, 15) is 4.79 Å². The summed E-state index contributed by atoms with van der Waals surface area (Å²) in [5, 5.41) is 9.39. The second kappa shape index (κ2) is 7.96. The highest BCUT2D eigenvalue weighted by molar-refractivity contribution is 5.91. The van der Waals surface area contributed by atoms with Crippen molar-refractivity contribution in [2.75, 3.05) is 11.9 Å². The van der Waals surface area contributed by atoms with Crippen LogP contribution in [0.1, 0.15) is 11.1 Å². The Labute approximate surface area is 163 Å². The molecule has 1 amide bonds. The first-order chi connectivity index (χ1) is 13.7. The number of nitrogens with zero attached hydrogens (tertiary/aromatic N) is 2. The number of hydrogen-bond donors (Lipinski definition) is 1. The third-order valence-electron chi connectivity index (χ3n) is 4.43. The Bertz CT molecular complexity index is 1120. The van der Waals surface area contributed by atoms with Crippen LogP contribution in [-0.4, -0.2) is 22.3 Å². The Morgan fingerprint density at radius 2 is 1.86 bits per heavy atom. The normalized spacial score (nSPS) is 10.8. The van der Waals surface area contributed by atoms with Crippen LogP contribution in [0.2, 0.25) is 0 Å². The van der Waals surface area contributed by atoms with Crippen LogP contribution in [0, 0.1) is 6.92 Å². The molecule has 0 unspecified atom stereocenters. The highest BCUT2D eigenvalue weighted by Gasteiger charge is 2.07. The number of nitrogens with one attached hydrogen (secondary N) is 1. The summed E-state index contributed by atoms with van der Waals surface area (Å²) in [6.45, 7) is 2.65. The number of rotatable bonds is 6. The van der Waals surface area contributed by atoms with Crippen molar-refractivity contribution in [3.63, 3.8) is 0 Å². The number of carbonyl (C=O) groups excluding carboxylic acids is 1. The minimum absolute atomic E-state index is 0.0664. The number of ether oxygens (including phenoxy) is 1. The Morgan fingerprint density at radius 1 is 1.00 bits per heavy atom. The van der Waals surface area contributed by atoms with Gasteiger partial charge in [-0.2, -0.15) is 5.10 Å². The zero-order valence-corrected chi connectivity index (χ0v) is 15.6. The van der Waals surface area contributed by atoms with Crippen LogP contribution >= 0.6 is 0 Å². The van der Waals surface area contributed by atoms with Crippen molar-refractivity contribution < 1.29 is 9.53 Å². The van der Waals surface area contributed by atoms with Crippen molar-refractivity contribution in [1.29, 1.82) is 0 Å². The van der Waals surface area contributed by atoms with Gasteiger partial charge < -0.3 is 10.1 Å². The fraction of sp³-hybridized carbons (Fsp3) is 0.130. The van der Waals surface area contributed by atoms with Crippen LogP contribution in [0.25, 0.3) is 10.8 Å². The van der Waals surface area contributed by atoms with Crippen molar-refractivity contribution in [1.82, 2.24) is 9.78 Å². The quantitative estimate of drug-likeness (QED) is 0.546. The summed E-state index contributed by atoms with van der Waals surface area (Å²) in [6.07, 6.45) is 1.85. The van der Waals surface area contributed by atoms with Crippen LogP contribution in [-0.2, 0) is 11.3 Å². The van der Waals surface area contributed by atoms with E-state index in [0.717, 1.165) is 10.8 Å². The van der Waals surface area contributed by atoms with E-state index >= 15 is 0 Å². The number of benzene rings is 3. The molecule has 0 saturated carbocycles. The zero-order valence-electron chi connectivity index (χ0n) is 15.6. The van der Waals surface area contributed by atoms with Crippen molar-refractivity contribution in [2.45, 2.75) is 13.5 Å². The van der Waals surface area contributed by atoms with Crippen molar-refractivity contribution >= 4 is 22.5 Å². The molecular formula is C23H21N3O2. The first-order valence-electron chi connectivity index (χ1n) is 9.16. The third-order valence-corrected chi connectivity index (χ3v) is 4.43. The molecule has 0 atom stereocenters. The summed E-state index contributed by atoms with van der Waals surface area (Å²) in [5.74, 6) is 0.938. The van der Waals surface area contributed by atoms with E-state index in [-0.39, 0.29) is 12.5 Å².